The summed E-state index contributed by atoms with van der Waals surface area (Å²) in [6.07, 6.45) is 0. The maximum absolute atomic E-state index is 12.4. The number of hydrogen-bond acceptors (Lipinski definition) is 6. The molecule has 0 bridgehead atoms. The van der Waals surface area contributed by atoms with Crippen molar-refractivity contribution in [2.45, 2.75) is 24.8 Å². The monoisotopic (exact) mass is 303 g/mol. The Morgan fingerprint density at radius 2 is 2.05 bits per heavy atom. The Morgan fingerprint density at radius 1 is 1.45 bits per heavy atom. The van der Waals surface area contributed by atoms with Crippen LogP contribution in [0.5, 0.6) is 0 Å². The van der Waals surface area contributed by atoms with Crippen LogP contribution in [0.2, 0.25) is 0 Å². The minimum atomic E-state index is -3.91. The normalized spacial score (nSPS) is 12.1. The highest BCUT2D eigenvalue weighted by molar-refractivity contribution is 7.89. The van der Waals surface area contributed by atoms with Crippen molar-refractivity contribution in [3.63, 3.8) is 0 Å². The van der Waals surface area contributed by atoms with Crippen LogP contribution >= 0.6 is 0 Å². The minimum Gasteiger partial charge on any atom is -0.397 e. The Balaban J connectivity index is 3.31. The van der Waals surface area contributed by atoms with Crippen LogP contribution in [0.1, 0.15) is 13.8 Å². The molecular formula is C11H17N3O5S. The molecule has 0 aliphatic rings. The van der Waals surface area contributed by atoms with Gasteiger partial charge in [0.25, 0.3) is 5.69 Å². The summed E-state index contributed by atoms with van der Waals surface area (Å²) in [5.41, 5.74) is 5.14. The summed E-state index contributed by atoms with van der Waals surface area (Å²) >= 11 is 0. The van der Waals surface area contributed by atoms with Gasteiger partial charge in [0.2, 0.25) is 10.0 Å². The lowest BCUT2D eigenvalue weighted by Gasteiger charge is -2.25. The molecule has 0 amide bonds. The molecular weight excluding hydrogens is 286 g/mol. The smallest absolute Gasteiger partial charge is 0.271 e. The average molecular weight is 303 g/mol. The van der Waals surface area contributed by atoms with Gasteiger partial charge in [0, 0.05) is 24.7 Å². The molecule has 1 aromatic carbocycles. The van der Waals surface area contributed by atoms with E-state index in [0.29, 0.717) is 0 Å². The fraction of sp³-hybridized carbons (Fsp3) is 0.455. The summed E-state index contributed by atoms with van der Waals surface area (Å²) in [5.74, 6) is 0. The maximum Gasteiger partial charge on any atom is 0.271 e. The number of rotatable bonds is 6. The van der Waals surface area contributed by atoms with Crippen molar-refractivity contribution in [2.24, 2.45) is 0 Å². The van der Waals surface area contributed by atoms with Gasteiger partial charge in [0.1, 0.15) is 4.90 Å². The Labute approximate surface area is 117 Å². The molecule has 0 spiro atoms. The highest BCUT2D eigenvalue weighted by Gasteiger charge is 2.29. The second kappa shape index (κ2) is 6.16. The predicted octanol–water partition coefficient (Wildman–Crippen LogP) is 0.568. The van der Waals surface area contributed by atoms with Crippen LogP contribution in [0.25, 0.3) is 0 Å². The van der Waals surface area contributed by atoms with Gasteiger partial charge in [0.15, 0.2) is 0 Å². The fourth-order valence-electron chi connectivity index (χ4n) is 1.77. The van der Waals surface area contributed by atoms with E-state index in [1.807, 2.05) is 0 Å². The van der Waals surface area contributed by atoms with E-state index in [1.54, 1.807) is 13.8 Å². The number of aliphatic hydroxyl groups excluding tert-OH is 1. The van der Waals surface area contributed by atoms with Gasteiger partial charge in [-0.1, -0.05) is 0 Å². The molecule has 0 fully saturated rings. The number of nitrogen functional groups attached to an aromatic ring is 1. The molecule has 112 valence electrons. The van der Waals surface area contributed by atoms with Crippen LogP contribution in [0.3, 0.4) is 0 Å². The van der Waals surface area contributed by atoms with Gasteiger partial charge in [-0.3, -0.25) is 10.1 Å². The summed E-state index contributed by atoms with van der Waals surface area (Å²) in [6, 6.07) is 2.82. The minimum absolute atomic E-state index is 0.0730. The molecule has 3 N–H and O–H groups in total. The van der Waals surface area contributed by atoms with Crippen LogP contribution in [0.15, 0.2) is 23.1 Å². The maximum atomic E-state index is 12.4. The van der Waals surface area contributed by atoms with Crippen molar-refractivity contribution < 1.29 is 18.4 Å². The number of benzene rings is 1. The van der Waals surface area contributed by atoms with Crippen LogP contribution < -0.4 is 5.73 Å². The Morgan fingerprint density at radius 3 is 2.45 bits per heavy atom. The fourth-order valence-corrected chi connectivity index (χ4v) is 3.49. The number of non-ortho nitro benzene ring substituents is 1. The first-order valence-corrected chi connectivity index (χ1v) is 7.32. The third kappa shape index (κ3) is 3.24. The van der Waals surface area contributed by atoms with Gasteiger partial charge in [-0.15, -0.1) is 0 Å². The summed E-state index contributed by atoms with van der Waals surface area (Å²) in [4.78, 5) is 9.76. The lowest BCUT2D eigenvalue weighted by molar-refractivity contribution is -0.384. The first kappa shape index (κ1) is 16.3. The molecule has 0 atom stereocenters. The van der Waals surface area contributed by atoms with E-state index in [-0.39, 0.29) is 35.5 Å². The Bertz CT molecular complexity index is 600. The van der Waals surface area contributed by atoms with Gasteiger partial charge < -0.3 is 10.8 Å². The van der Waals surface area contributed by atoms with Gasteiger partial charge in [-0.2, -0.15) is 4.31 Å². The molecule has 1 aromatic rings. The van der Waals surface area contributed by atoms with Crippen molar-refractivity contribution in [1.82, 2.24) is 4.31 Å². The number of nitro benzene ring substituents is 1. The lowest BCUT2D eigenvalue weighted by Crippen LogP contribution is -2.39. The van der Waals surface area contributed by atoms with Crippen molar-refractivity contribution in [3.05, 3.63) is 28.3 Å². The molecule has 0 unspecified atom stereocenters. The molecule has 0 heterocycles. The van der Waals surface area contributed by atoms with Gasteiger partial charge in [-0.05, 0) is 19.9 Å². The summed E-state index contributed by atoms with van der Waals surface area (Å²) in [6.45, 7) is 2.92. The second-order valence-electron chi connectivity index (χ2n) is 4.41. The number of nitrogens with two attached hydrogens (primary N) is 1. The molecule has 0 aliphatic heterocycles. The molecule has 0 aromatic heterocycles. The van der Waals surface area contributed by atoms with E-state index < -0.39 is 14.9 Å². The number of aliphatic hydroxyl groups is 1. The highest BCUT2D eigenvalue weighted by atomic mass is 32.2. The van der Waals surface area contributed by atoms with Crippen molar-refractivity contribution >= 4 is 21.4 Å². The molecule has 8 nitrogen and oxygen atoms in total. The number of nitro groups is 1. The number of sulfonamides is 1. The van der Waals surface area contributed by atoms with E-state index >= 15 is 0 Å². The van der Waals surface area contributed by atoms with E-state index in [0.717, 1.165) is 22.5 Å². The number of nitrogens with zero attached hydrogens (tertiary/aromatic N) is 2. The van der Waals surface area contributed by atoms with E-state index in [4.69, 9.17) is 10.8 Å². The molecule has 0 saturated carbocycles. The zero-order valence-electron chi connectivity index (χ0n) is 11.2. The van der Waals surface area contributed by atoms with Crippen molar-refractivity contribution in [1.29, 1.82) is 0 Å². The second-order valence-corrected chi connectivity index (χ2v) is 6.27. The zero-order chi connectivity index (χ0) is 15.5. The van der Waals surface area contributed by atoms with E-state index in [2.05, 4.69) is 0 Å². The summed E-state index contributed by atoms with van der Waals surface area (Å²) in [5, 5.41) is 19.6. The number of anilines is 1. The Hall–Kier alpha value is -1.71. The third-order valence-electron chi connectivity index (χ3n) is 2.69. The highest BCUT2D eigenvalue weighted by Crippen LogP contribution is 2.27. The number of hydrogen-bond donors (Lipinski definition) is 2. The van der Waals surface area contributed by atoms with Gasteiger partial charge in [-0.25, -0.2) is 8.42 Å². The SMILES string of the molecule is CC(C)N(CCO)S(=O)(=O)c1ccc([N+](=O)[O-])cc1N. The molecule has 1 rings (SSSR count). The van der Waals surface area contributed by atoms with E-state index in [9.17, 15) is 18.5 Å². The summed E-state index contributed by atoms with van der Waals surface area (Å²) < 4.78 is 25.9. The first-order valence-electron chi connectivity index (χ1n) is 5.88. The zero-order valence-corrected chi connectivity index (χ0v) is 12.0. The molecule has 9 heteroatoms. The van der Waals surface area contributed by atoms with Crippen LogP contribution in [-0.4, -0.2) is 41.9 Å². The van der Waals surface area contributed by atoms with Crippen molar-refractivity contribution in [3.8, 4) is 0 Å². The summed E-state index contributed by atoms with van der Waals surface area (Å²) in [7, 11) is -3.91. The average Bonchev–Trinajstić information content (AvgIpc) is 2.34. The van der Waals surface area contributed by atoms with E-state index in [1.165, 1.54) is 0 Å². The lowest BCUT2D eigenvalue weighted by atomic mass is 10.3. The molecule has 0 saturated heterocycles. The topological polar surface area (TPSA) is 127 Å². The van der Waals surface area contributed by atoms with Gasteiger partial charge >= 0.3 is 0 Å². The molecule has 20 heavy (non-hydrogen) atoms. The van der Waals surface area contributed by atoms with Crippen LogP contribution in [-0.2, 0) is 10.0 Å². The first-order chi connectivity index (χ1) is 9.21. The predicted molar refractivity (Wildman–Crippen MR) is 73.6 cm³/mol. The van der Waals surface area contributed by atoms with Crippen LogP contribution in [0.4, 0.5) is 11.4 Å². The quantitative estimate of drug-likeness (QED) is 0.449. The van der Waals surface area contributed by atoms with Gasteiger partial charge in [0.05, 0.1) is 17.2 Å². The molecule has 0 aliphatic carbocycles. The van der Waals surface area contributed by atoms with Crippen molar-refractivity contribution in [2.75, 3.05) is 18.9 Å². The molecule has 0 radical (unpaired) electrons. The Kier molecular flexibility index (Phi) is 5.03. The van der Waals surface area contributed by atoms with Crippen LogP contribution in [0, 0.1) is 10.1 Å². The standard InChI is InChI=1S/C11H17N3O5S/c1-8(2)13(5-6-15)20(18,19)11-4-3-9(14(16)17)7-10(11)12/h3-4,7-8,15H,5-6,12H2,1-2H3. The largest absolute Gasteiger partial charge is 0.397 e. The third-order valence-corrected chi connectivity index (χ3v) is 4.84.